The van der Waals surface area contributed by atoms with E-state index in [0.717, 1.165) is 14.9 Å². The Labute approximate surface area is 125 Å². The number of benzene rings is 2. The van der Waals surface area contributed by atoms with Gasteiger partial charge in [0.05, 0.1) is 6.10 Å². The van der Waals surface area contributed by atoms with Crippen molar-refractivity contribution >= 4 is 27.7 Å². The molecule has 2 rings (SSSR count). The lowest BCUT2D eigenvalue weighted by molar-refractivity contribution is 0.199. The van der Waals surface area contributed by atoms with Crippen LogP contribution in [0.5, 0.6) is 0 Å². The molecule has 0 aliphatic heterocycles. The molecule has 4 heteroatoms. The topological polar surface area (TPSA) is 20.2 Å². The number of halogens is 2. The van der Waals surface area contributed by atoms with E-state index >= 15 is 0 Å². The second-order valence-electron chi connectivity index (χ2n) is 4.31. The lowest BCUT2D eigenvalue weighted by atomic mass is 10.1. The van der Waals surface area contributed by atoms with Gasteiger partial charge in [0.25, 0.3) is 0 Å². The third-order valence-corrected chi connectivity index (χ3v) is 4.35. The molecular formula is C15H14BrFOS. The highest BCUT2D eigenvalue weighted by atomic mass is 79.9. The maximum Gasteiger partial charge on any atom is 0.129 e. The number of hydrogen-bond acceptors (Lipinski definition) is 2. The first-order valence-corrected chi connectivity index (χ1v) is 7.66. The van der Waals surface area contributed by atoms with E-state index < -0.39 is 6.10 Å². The molecule has 0 bridgehead atoms. The molecule has 0 aromatic heterocycles. The molecule has 0 amide bonds. The molecule has 2 aromatic rings. The van der Waals surface area contributed by atoms with Crippen molar-refractivity contribution < 1.29 is 9.50 Å². The van der Waals surface area contributed by atoms with Crippen LogP contribution in [-0.2, 0) is 0 Å². The number of aliphatic hydroxyl groups excluding tert-OH is 1. The SMILES string of the molecule is Cc1ccc(F)c(C(O)CSc2ccc(Br)cc2)c1. The van der Waals surface area contributed by atoms with Gasteiger partial charge in [-0.15, -0.1) is 11.8 Å². The van der Waals surface area contributed by atoms with Crippen molar-refractivity contribution in [1.29, 1.82) is 0 Å². The van der Waals surface area contributed by atoms with E-state index in [1.54, 1.807) is 12.1 Å². The van der Waals surface area contributed by atoms with Gasteiger partial charge in [0.1, 0.15) is 5.82 Å². The molecule has 0 saturated heterocycles. The summed E-state index contributed by atoms with van der Waals surface area (Å²) in [4.78, 5) is 1.05. The Balaban J connectivity index is 2.03. The zero-order chi connectivity index (χ0) is 13.8. The monoisotopic (exact) mass is 340 g/mol. The maximum absolute atomic E-state index is 13.6. The minimum atomic E-state index is -0.798. The number of rotatable bonds is 4. The van der Waals surface area contributed by atoms with Crippen molar-refractivity contribution in [2.24, 2.45) is 0 Å². The van der Waals surface area contributed by atoms with Crippen molar-refractivity contribution in [3.63, 3.8) is 0 Å². The molecule has 2 aromatic carbocycles. The quantitative estimate of drug-likeness (QED) is 0.812. The van der Waals surface area contributed by atoms with Gasteiger partial charge >= 0.3 is 0 Å². The van der Waals surface area contributed by atoms with Crippen LogP contribution < -0.4 is 0 Å². The third-order valence-electron chi connectivity index (χ3n) is 2.73. The second kappa shape index (κ2) is 6.55. The van der Waals surface area contributed by atoms with E-state index in [2.05, 4.69) is 15.9 Å². The lowest BCUT2D eigenvalue weighted by Gasteiger charge is -2.12. The van der Waals surface area contributed by atoms with E-state index in [9.17, 15) is 9.50 Å². The van der Waals surface area contributed by atoms with Crippen LogP contribution >= 0.6 is 27.7 Å². The summed E-state index contributed by atoms with van der Waals surface area (Å²) in [6.45, 7) is 1.89. The Bertz CT molecular complexity index is 557. The van der Waals surface area contributed by atoms with E-state index in [0.29, 0.717) is 11.3 Å². The van der Waals surface area contributed by atoms with Gasteiger partial charge in [-0.3, -0.25) is 0 Å². The lowest BCUT2D eigenvalue weighted by Crippen LogP contribution is -2.04. The van der Waals surface area contributed by atoms with Crippen LogP contribution in [0, 0.1) is 12.7 Å². The van der Waals surface area contributed by atoms with E-state index in [1.807, 2.05) is 31.2 Å². The highest BCUT2D eigenvalue weighted by Gasteiger charge is 2.13. The summed E-state index contributed by atoms with van der Waals surface area (Å²) in [7, 11) is 0. The summed E-state index contributed by atoms with van der Waals surface area (Å²) >= 11 is 4.88. The molecule has 0 aliphatic rings. The molecule has 0 fully saturated rings. The summed E-state index contributed by atoms with van der Waals surface area (Å²) in [5.41, 5.74) is 1.31. The van der Waals surface area contributed by atoms with Crippen molar-refractivity contribution in [2.75, 3.05) is 5.75 Å². The summed E-state index contributed by atoms with van der Waals surface area (Å²) in [5.74, 6) is 0.0802. The molecule has 0 radical (unpaired) electrons. The maximum atomic E-state index is 13.6. The molecular weight excluding hydrogens is 327 g/mol. The van der Waals surface area contributed by atoms with Gasteiger partial charge in [-0.25, -0.2) is 4.39 Å². The van der Waals surface area contributed by atoms with Crippen molar-refractivity contribution in [3.05, 3.63) is 63.9 Å². The van der Waals surface area contributed by atoms with Crippen LogP contribution in [0.1, 0.15) is 17.2 Å². The molecule has 0 saturated carbocycles. The van der Waals surface area contributed by atoms with Gasteiger partial charge in [0.2, 0.25) is 0 Å². The minimum Gasteiger partial charge on any atom is -0.387 e. The Morgan fingerprint density at radius 2 is 1.89 bits per heavy atom. The molecule has 0 spiro atoms. The normalized spacial score (nSPS) is 12.4. The Kier molecular flexibility index (Phi) is 5.02. The predicted molar refractivity (Wildman–Crippen MR) is 81.0 cm³/mol. The first-order chi connectivity index (χ1) is 9.06. The predicted octanol–water partition coefficient (Wildman–Crippen LogP) is 4.72. The number of thioether (sulfide) groups is 1. The summed E-state index contributed by atoms with van der Waals surface area (Å²) in [6.07, 6.45) is -0.798. The number of aryl methyl sites for hydroxylation is 1. The van der Waals surface area contributed by atoms with Crippen LogP contribution in [0.2, 0.25) is 0 Å². The number of hydrogen-bond donors (Lipinski definition) is 1. The van der Waals surface area contributed by atoms with E-state index in [1.165, 1.54) is 17.8 Å². The Hall–Kier alpha value is -0.840. The molecule has 0 heterocycles. The Morgan fingerprint density at radius 3 is 2.58 bits per heavy atom. The zero-order valence-corrected chi connectivity index (χ0v) is 12.8. The summed E-state index contributed by atoms with van der Waals surface area (Å²) in [6, 6.07) is 12.6. The highest BCUT2D eigenvalue weighted by Crippen LogP contribution is 2.27. The number of aliphatic hydroxyl groups is 1. The minimum absolute atomic E-state index is 0.352. The van der Waals surface area contributed by atoms with Crippen molar-refractivity contribution in [2.45, 2.75) is 17.9 Å². The molecule has 0 aliphatic carbocycles. The van der Waals surface area contributed by atoms with Gasteiger partial charge in [0, 0.05) is 20.7 Å². The average molecular weight is 341 g/mol. The van der Waals surface area contributed by atoms with Gasteiger partial charge < -0.3 is 5.11 Å². The van der Waals surface area contributed by atoms with Crippen LogP contribution in [0.25, 0.3) is 0 Å². The molecule has 19 heavy (non-hydrogen) atoms. The largest absolute Gasteiger partial charge is 0.387 e. The van der Waals surface area contributed by atoms with Gasteiger partial charge in [-0.05, 0) is 37.3 Å². The first-order valence-electron chi connectivity index (χ1n) is 5.89. The van der Waals surface area contributed by atoms with Crippen LogP contribution in [0.3, 0.4) is 0 Å². The van der Waals surface area contributed by atoms with Gasteiger partial charge in [-0.1, -0.05) is 33.6 Å². The van der Waals surface area contributed by atoms with Crippen LogP contribution in [0.4, 0.5) is 4.39 Å². The van der Waals surface area contributed by atoms with Crippen LogP contribution in [-0.4, -0.2) is 10.9 Å². The molecule has 1 nitrogen and oxygen atoms in total. The summed E-state index contributed by atoms with van der Waals surface area (Å²) in [5, 5.41) is 10.1. The summed E-state index contributed by atoms with van der Waals surface area (Å²) < 4.78 is 14.6. The van der Waals surface area contributed by atoms with E-state index in [-0.39, 0.29) is 5.82 Å². The van der Waals surface area contributed by atoms with Crippen molar-refractivity contribution in [3.8, 4) is 0 Å². The standard InChI is InChI=1S/C15H14BrFOS/c1-10-2-7-14(17)13(8-10)15(18)9-19-12-5-3-11(16)4-6-12/h2-8,15,18H,9H2,1H3. The Morgan fingerprint density at radius 1 is 1.21 bits per heavy atom. The van der Waals surface area contributed by atoms with E-state index in [4.69, 9.17) is 0 Å². The fourth-order valence-electron chi connectivity index (χ4n) is 1.71. The van der Waals surface area contributed by atoms with Crippen LogP contribution in [0.15, 0.2) is 51.8 Å². The fourth-order valence-corrected chi connectivity index (χ4v) is 2.84. The molecule has 1 atom stereocenters. The first kappa shape index (κ1) is 14.6. The molecule has 1 N–H and O–H groups in total. The zero-order valence-electron chi connectivity index (χ0n) is 10.4. The highest BCUT2D eigenvalue weighted by molar-refractivity contribution is 9.10. The van der Waals surface area contributed by atoms with Crippen molar-refractivity contribution in [1.82, 2.24) is 0 Å². The molecule has 100 valence electrons. The molecule has 1 unspecified atom stereocenters. The smallest absolute Gasteiger partial charge is 0.129 e. The third kappa shape index (κ3) is 4.06. The fraction of sp³-hybridized carbons (Fsp3) is 0.200. The second-order valence-corrected chi connectivity index (χ2v) is 6.31. The average Bonchev–Trinajstić information content (AvgIpc) is 2.40. The van der Waals surface area contributed by atoms with Gasteiger partial charge in [0.15, 0.2) is 0 Å². The van der Waals surface area contributed by atoms with Gasteiger partial charge in [-0.2, -0.15) is 0 Å².